The molecule has 0 aliphatic rings. The highest BCUT2D eigenvalue weighted by Crippen LogP contribution is 2.10. The predicted octanol–water partition coefficient (Wildman–Crippen LogP) is 2.92. The van der Waals surface area contributed by atoms with E-state index in [2.05, 4.69) is 10.6 Å². The molecule has 0 radical (unpaired) electrons. The molecule has 0 saturated carbocycles. The fraction of sp³-hybridized carbons (Fsp3) is 0.250. The average molecular weight is 352 g/mol. The molecule has 1 heterocycles. The summed E-state index contributed by atoms with van der Waals surface area (Å²) in [5, 5.41) is 7.48. The summed E-state index contributed by atoms with van der Waals surface area (Å²) in [5.41, 5.74) is 0.539. The van der Waals surface area contributed by atoms with Crippen LogP contribution in [-0.4, -0.2) is 29.9 Å². The van der Waals surface area contributed by atoms with E-state index in [1.54, 1.807) is 11.3 Å². The van der Waals surface area contributed by atoms with Gasteiger partial charge in [-0.15, -0.1) is 23.1 Å². The number of carbonyl (C=O) groups is 2. The van der Waals surface area contributed by atoms with Crippen molar-refractivity contribution in [3.8, 4) is 0 Å². The van der Waals surface area contributed by atoms with Crippen LogP contribution in [0.5, 0.6) is 0 Å². The normalized spacial score (nSPS) is 10.3. The predicted molar refractivity (Wildman–Crippen MR) is 93.4 cm³/mol. The molecular weight excluding hydrogens is 335 g/mol. The molecule has 2 aromatic rings. The number of amides is 2. The minimum Gasteiger partial charge on any atom is -0.355 e. The minimum absolute atomic E-state index is 0.0823. The molecule has 0 atom stereocenters. The summed E-state index contributed by atoms with van der Waals surface area (Å²) in [6, 6.07) is 9.57. The number of thiophene rings is 1. The Morgan fingerprint density at radius 2 is 1.83 bits per heavy atom. The largest absolute Gasteiger partial charge is 0.355 e. The second-order valence-corrected chi connectivity index (χ2v) is 6.75. The van der Waals surface area contributed by atoms with Gasteiger partial charge in [-0.05, 0) is 42.1 Å². The molecule has 122 valence electrons. The number of halogens is 1. The highest BCUT2D eigenvalue weighted by Gasteiger charge is 2.06. The molecule has 0 aliphatic heterocycles. The lowest BCUT2D eigenvalue weighted by Gasteiger charge is -2.06. The van der Waals surface area contributed by atoms with Gasteiger partial charge in [0.1, 0.15) is 5.82 Å². The summed E-state index contributed by atoms with van der Waals surface area (Å²) in [4.78, 5) is 24.6. The molecule has 2 rings (SSSR count). The number of anilines is 1. The van der Waals surface area contributed by atoms with Crippen molar-refractivity contribution in [3.63, 3.8) is 0 Å². The molecule has 2 amide bonds. The standard InChI is InChI=1S/C16H17FN2O2S2/c17-12-3-5-13(6-4-12)19-16(21)11-22-10-15(20)18-8-7-14-2-1-9-23-14/h1-6,9H,7-8,10-11H2,(H,18,20)(H,19,21). The van der Waals surface area contributed by atoms with Gasteiger partial charge in [0.05, 0.1) is 11.5 Å². The third kappa shape index (κ3) is 6.83. The topological polar surface area (TPSA) is 58.2 Å². The zero-order valence-electron chi connectivity index (χ0n) is 12.4. The first-order valence-corrected chi connectivity index (χ1v) is 9.09. The van der Waals surface area contributed by atoms with E-state index in [4.69, 9.17) is 0 Å². The maximum absolute atomic E-state index is 12.7. The molecule has 0 spiro atoms. The smallest absolute Gasteiger partial charge is 0.234 e. The van der Waals surface area contributed by atoms with Crippen molar-refractivity contribution < 1.29 is 14.0 Å². The van der Waals surface area contributed by atoms with Crippen molar-refractivity contribution >= 4 is 40.6 Å². The van der Waals surface area contributed by atoms with Gasteiger partial charge in [0.2, 0.25) is 11.8 Å². The molecule has 0 fully saturated rings. The molecule has 0 aliphatic carbocycles. The highest BCUT2D eigenvalue weighted by molar-refractivity contribution is 8.00. The van der Waals surface area contributed by atoms with Crippen LogP contribution in [0.25, 0.3) is 0 Å². The number of carbonyl (C=O) groups excluding carboxylic acids is 2. The van der Waals surface area contributed by atoms with E-state index in [0.717, 1.165) is 6.42 Å². The van der Waals surface area contributed by atoms with Gasteiger partial charge >= 0.3 is 0 Å². The Morgan fingerprint density at radius 3 is 2.52 bits per heavy atom. The zero-order valence-corrected chi connectivity index (χ0v) is 14.0. The van der Waals surface area contributed by atoms with Crippen molar-refractivity contribution in [3.05, 3.63) is 52.5 Å². The van der Waals surface area contributed by atoms with E-state index in [-0.39, 0.29) is 29.1 Å². The Hall–Kier alpha value is -1.86. The lowest BCUT2D eigenvalue weighted by molar-refractivity contribution is -0.118. The summed E-state index contributed by atoms with van der Waals surface area (Å²) in [5.74, 6) is -0.234. The van der Waals surface area contributed by atoms with Gasteiger partial charge in [-0.2, -0.15) is 0 Å². The van der Waals surface area contributed by atoms with E-state index in [9.17, 15) is 14.0 Å². The van der Waals surface area contributed by atoms with E-state index in [0.29, 0.717) is 12.2 Å². The maximum Gasteiger partial charge on any atom is 0.234 e. The fourth-order valence-corrected chi connectivity index (χ4v) is 3.15. The molecule has 7 heteroatoms. The molecule has 4 nitrogen and oxygen atoms in total. The Kier molecular flexibility index (Phi) is 7.09. The first-order valence-electron chi connectivity index (χ1n) is 7.06. The van der Waals surface area contributed by atoms with Gasteiger partial charge in [0.25, 0.3) is 0 Å². The van der Waals surface area contributed by atoms with Crippen LogP contribution < -0.4 is 10.6 Å². The number of hydrogen-bond acceptors (Lipinski definition) is 4. The highest BCUT2D eigenvalue weighted by atomic mass is 32.2. The van der Waals surface area contributed by atoms with Crippen LogP contribution in [0.1, 0.15) is 4.88 Å². The summed E-state index contributed by atoms with van der Waals surface area (Å²) >= 11 is 2.91. The van der Waals surface area contributed by atoms with E-state index < -0.39 is 0 Å². The third-order valence-electron chi connectivity index (χ3n) is 2.87. The number of thioether (sulfide) groups is 1. The lowest BCUT2D eigenvalue weighted by atomic mass is 10.3. The second-order valence-electron chi connectivity index (χ2n) is 4.73. The molecule has 1 aromatic heterocycles. The summed E-state index contributed by atoms with van der Waals surface area (Å²) in [6.45, 7) is 0.599. The van der Waals surface area contributed by atoms with Crippen molar-refractivity contribution in [2.75, 3.05) is 23.4 Å². The SMILES string of the molecule is O=C(CSCC(=O)Nc1ccc(F)cc1)NCCc1cccs1. The first-order chi connectivity index (χ1) is 11.1. The van der Waals surface area contributed by atoms with E-state index >= 15 is 0 Å². The maximum atomic E-state index is 12.7. The lowest BCUT2D eigenvalue weighted by Crippen LogP contribution is -2.27. The van der Waals surface area contributed by atoms with Crippen molar-refractivity contribution in [2.24, 2.45) is 0 Å². The van der Waals surface area contributed by atoms with Crippen LogP contribution in [0.4, 0.5) is 10.1 Å². The van der Waals surface area contributed by atoms with Gasteiger partial charge < -0.3 is 10.6 Å². The Balaban J connectivity index is 1.57. The van der Waals surface area contributed by atoms with Gasteiger partial charge in [-0.1, -0.05) is 6.07 Å². The van der Waals surface area contributed by atoms with E-state index in [1.807, 2.05) is 17.5 Å². The molecule has 0 bridgehead atoms. The van der Waals surface area contributed by atoms with Crippen molar-refractivity contribution in [2.45, 2.75) is 6.42 Å². The minimum atomic E-state index is -0.350. The molecular formula is C16H17FN2O2S2. The van der Waals surface area contributed by atoms with Crippen LogP contribution in [0.3, 0.4) is 0 Å². The number of benzene rings is 1. The second kappa shape index (κ2) is 9.32. The van der Waals surface area contributed by atoms with E-state index in [1.165, 1.54) is 40.9 Å². The summed E-state index contributed by atoms with van der Waals surface area (Å²) in [7, 11) is 0. The Labute approximate surface area is 142 Å². The van der Waals surface area contributed by atoms with Crippen molar-refractivity contribution in [1.29, 1.82) is 0 Å². The van der Waals surface area contributed by atoms with Gasteiger partial charge in [-0.3, -0.25) is 9.59 Å². The summed E-state index contributed by atoms with van der Waals surface area (Å²) < 4.78 is 12.7. The molecule has 0 saturated heterocycles. The Morgan fingerprint density at radius 1 is 1.09 bits per heavy atom. The van der Waals surface area contributed by atoms with Gasteiger partial charge in [0.15, 0.2) is 0 Å². The van der Waals surface area contributed by atoms with Crippen LogP contribution in [0.15, 0.2) is 41.8 Å². The molecule has 0 unspecified atom stereocenters. The molecule has 1 aromatic carbocycles. The number of hydrogen-bond donors (Lipinski definition) is 2. The average Bonchev–Trinajstić information content (AvgIpc) is 3.03. The van der Waals surface area contributed by atoms with Crippen LogP contribution in [-0.2, 0) is 16.0 Å². The van der Waals surface area contributed by atoms with Gasteiger partial charge in [-0.25, -0.2) is 4.39 Å². The fourth-order valence-electron chi connectivity index (χ4n) is 1.80. The first kappa shape index (κ1) is 17.5. The zero-order chi connectivity index (χ0) is 16.5. The third-order valence-corrected chi connectivity index (χ3v) is 4.74. The number of nitrogens with one attached hydrogen (secondary N) is 2. The Bertz CT molecular complexity index is 630. The quantitative estimate of drug-likeness (QED) is 0.768. The van der Waals surface area contributed by atoms with Crippen molar-refractivity contribution in [1.82, 2.24) is 5.32 Å². The monoisotopic (exact) mass is 352 g/mol. The van der Waals surface area contributed by atoms with Crippen LogP contribution >= 0.6 is 23.1 Å². The van der Waals surface area contributed by atoms with Gasteiger partial charge in [0, 0.05) is 17.1 Å². The summed E-state index contributed by atoms with van der Waals surface area (Å²) in [6.07, 6.45) is 0.819. The van der Waals surface area contributed by atoms with Crippen LogP contribution in [0, 0.1) is 5.82 Å². The van der Waals surface area contributed by atoms with Crippen LogP contribution in [0.2, 0.25) is 0 Å². The molecule has 2 N–H and O–H groups in total. The molecule has 23 heavy (non-hydrogen) atoms. The number of rotatable bonds is 8.